The van der Waals surface area contributed by atoms with Gasteiger partial charge in [0.1, 0.15) is 0 Å². The van der Waals surface area contributed by atoms with Gasteiger partial charge in [-0.15, -0.1) is 0 Å². The van der Waals surface area contributed by atoms with Gasteiger partial charge in [0, 0.05) is 13.5 Å². The zero-order valence-corrected chi connectivity index (χ0v) is 9.76. The Bertz CT molecular complexity index is 416. The lowest BCUT2D eigenvalue weighted by molar-refractivity contribution is -0.134. The van der Waals surface area contributed by atoms with Crippen LogP contribution in [0.15, 0.2) is 42.5 Å². The fourth-order valence-electron chi connectivity index (χ4n) is 1.50. The number of rotatable bonds is 2. The van der Waals surface area contributed by atoms with Gasteiger partial charge < -0.3 is 10.2 Å². The predicted molar refractivity (Wildman–Crippen MR) is 67.2 cm³/mol. The van der Waals surface area contributed by atoms with Crippen LogP contribution in [0.25, 0.3) is 11.1 Å². The molecule has 0 aromatic heterocycles. The number of fused-ring (bicyclic) bond motifs is 1. The van der Waals surface area contributed by atoms with Crippen LogP contribution in [0.5, 0.6) is 0 Å². The summed E-state index contributed by atoms with van der Waals surface area (Å²) < 4.78 is 0. The molecule has 0 bridgehead atoms. The lowest BCUT2D eigenvalue weighted by Gasteiger charge is -1.89. The first kappa shape index (κ1) is 13.2. The quantitative estimate of drug-likeness (QED) is 0.836. The molecule has 0 saturated heterocycles. The third-order valence-corrected chi connectivity index (χ3v) is 2.24. The highest BCUT2D eigenvalue weighted by atomic mass is 16.4. The van der Waals surface area contributed by atoms with Crippen molar-refractivity contribution in [3.63, 3.8) is 0 Å². The molecule has 0 fully saturated rings. The molecule has 3 heteroatoms. The van der Waals surface area contributed by atoms with Crippen molar-refractivity contribution in [2.24, 2.45) is 0 Å². The summed E-state index contributed by atoms with van der Waals surface area (Å²) in [7, 11) is 0. The fourth-order valence-corrected chi connectivity index (χ4v) is 1.50. The van der Waals surface area contributed by atoms with Gasteiger partial charge >= 0.3 is 0 Å². The van der Waals surface area contributed by atoms with E-state index in [1.54, 1.807) is 0 Å². The number of hydrogen-bond acceptors (Lipinski definition) is 2. The van der Waals surface area contributed by atoms with Crippen LogP contribution < -0.4 is 0 Å². The molecule has 3 nitrogen and oxygen atoms in total. The molecule has 0 amide bonds. The van der Waals surface area contributed by atoms with Crippen LogP contribution in [0.3, 0.4) is 0 Å². The second-order valence-electron chi connectivity index (χ2n) is 3.67. The molecule has 17 heavy (non-hydrogen) atoms. The van der Waals surface area contributed by atoms with Crippen molar-refractivity contribution in [1.29, 1.82) is 0 Å². The highest BCUT2D eigenvalue weighted by molar-refractivity contribution is 5.65. The smallest absolute Gasteiger partial charge is 0.300 e. The number of aliphatic hydroxyl groups is 1. The van der Waals surface area contributed by atoms with Crippen molar-refractivity contribution in [2.75, 3.05) is 6.61 Å². The van der Waals surface area contributed by atoms with E-state index >= 15 is 0 Å². The SMILES string of the molecule is CC(=O)O.OCCc1ccc2cccc-2cc1. The van der Waals surface area contributed by atoms with Gasteiger partial charge in [-0.2, -0.15) is 0 Å². The van der Waals surface area contributed by atoms with Crippen LogP contribution >= 0.6 is 0 Å². The van der Waals surface area contributed by atoms with E-state index in [2.05, 4.69) is 42.5 Å². The van der Waals surface area contributed by atoms with Gasteiger partial charge in [-0.05, 0) is 23.1 Å². The zero-order valence-electron chi connectivity index (χ0n) is 9.76. The Hall–Kier alpha value is -1.87. The lowest BCUT2D eigenvalue weighted by Crippen LogP contribution is -1.86. The largest absolute Gasteiger partial charge is 0.481 e. The summed E-state index contributed by atoms with van der Waals surface area (Å²) in [5, 5.41) is 16.2. The molecule has 0 spiro atoms. The van der Waals surface area contributed by atoms with E-state index in [-0.39, 0.29) is 6.61 Å². The Kier molecular flexibility index (Phi) is 5.17. The third kappa shape index (κ3) is 4.66. The monoisotopic (exact) mass is 232 g/mol. The second-order valence-corrected chi connectivity index (χ2v) is 3.67. The molecule has 0 unspecified atom stereocenters. The molecule has 2 aliphatic carbocycles. The van der Waals surface area contributed by atoms with E-state index in [1.807, 2.05) is 0 Å². The van der Waals surface area contributed by atoms with Gasteiger partial charge in [0.05, 0.1) is 0 Å². The predicted octanol–water partition coefficient (Wildman–Crippen LogP) is 2.42. The molecule has 2 rings (SSSR count). The van der Waals surface area contributed by atoms with E-state index in [1.165, 1.54) is 16.7 Å². The van der Waals surface area contributed by atoms with E-state index in [0.717, 1.165) is 13.3 Å². The summed E-state index contributed by atoms with van der Waals surface area (Å²) in [5.41, 5.74) is 3.69. The topological polar surface area (TPSA) is 57.5 Å². The zero-order chi connectivity index (χ0) is 12.7. The number of hydrogen-bond donors (Lipinski definition) is 2. The highest BCUT2D eigenvalue weighted by Gasteiger charge is 1.98. The van der Waals surface area contributed by atoms with E-state index in [4.69, 9.17) is 15.0 Å². The highest BCUT2D eigenvalue weighted by Crippen LogP contribution is 2.21. The van der Waals surface area contributed by atoms with E-state index < -0.39 is 5.97 Å². The van der Waals surface area contributed by atoms with Crippen LogP contribution in [0.2, 0.25) is 0 Å². The summed E-state index contributed by atoms with van der Waals surface area (Å²) >= 11 is 0. The average molecular weight is 232 g/mol. The van der Waals surface area contributed by atoms with E-state index in [9.17, 15) is 0 Å². The summed E-state index contributed by atoms with van der Waals surface area (Å²) in [6, 6.07) is 14.6. The minimum absolute atomic E-state index is 0.217. The number of carbonyl (C=O) groups is 1. The molecular weight excluding hydrogens is 216 g/mol. The summed E-state index contributed by atoms with van der Waals surface area (Å²) in [4.78, 5) is 9.00. The maximum absolute atomic E-state index is 9.00. The molecule has 2 N–H and O–H groups in total. The van der Waals surface area contributed by atoms with Crippen molar-refractivity contribution in [3.05, 3.63) is 48.0 Å². The van der Waals surface area contributed by atoms with Crippen LogP contribution in [0.1, 0.15) is 12.5 Å². The van der Waals surface area contributed by atoms with Gasteiger partial charge in [-0.25, -0.2) is 0 Å². The van der Waals surface area contributed by atoms with Gasteiger partial charge in [0.15, 0.2) is 0 Å². The molecule has 2 aliphatic rings. The van der Waals surface area contributed by atoms with Crippen LogP contribution in [0.4, 0.5) is 0 Å². The molecule has 0 aromatic carbocycles. The van der Waals surface area contributed by atoms with Crippen LogP contribution in [0, 0.1) is 0 Å². The van der Waals surface area contributed by atoms with Crippen molar-refractivity contribution < 1.29 is 15.0 Å². The fraction of sp³-hybridized carbons (Fsp3) is 0.214. The molecule has 0 heterocycles. The summed E-state index contributed by atoms with van der Waals surface area (Å²) in [6.07, 6.45) is 0.733. The summed E-state index contributed by atoms with van der Waals surface area (Å²) in [5.74, 6) is -0.833. The molecule has 90 valence electrons. The maximum atomic E-state index is 9.00. The van der Waals surface area contributed by atoms with Gasteiger partial charge in [0.2, 0.25) is 0 Å². The maximum Gasteiger partial charge on any atom is 0.300 e. The van der Waals surface area contributed by atoms with Gasteiger partial charge in [-0.3, -0.25) is 4.79 Å². The molecule has 0 saturated carbocycles. The first-order chi connectivity index (χ1) is 8.13. The Balaban J connectivity index is 0.000000317. The molecular formula is C14H16O3. The second kappa shape index (κ2) is 6.66. The van der Waals surface area contributed by atoms with Gasteiger partial charge in [-0.1, -0.05) is 42.5 Å². The Labute approximate surface area is 101 Å². The first-order valence-electron chi connectivity index (χ1n) is 5.41. The molecule has 0 aliphatic heterocycles. The molecule has 0 radical (unpaired) electrons. The number of carboxylic acids is 1. The Morgan fingerprint density at radius 1 is 1.06 bits per heavy atom. The van der Waals surface area contributed by atoms with Crippen molar-refractivity contribution in [3.8, 4) is 11.1 Å². The van der Waals surface area contributed by atoms with Crippen LogP contribution in [-0.2, 0) is 11.2 Å². The minimum Gasteiger partial charge on any atom is -0.481 e. The molecule has 0 aromatic rings. The normalized spacial score (nSPS) is 9.53. The molecule has 0 atom stereocenters. The minimum atomic E-state index is -0.833. The number of aliphatic hydroxyl groups excluding tert-OH is 1. The lowest BCUT2D eigenvalue weighted by atomic mass is 10.2. The average Bonchev–Trinajstić information content (AvgIpc) is 2.61. The Morgan fingerprint density at radius 3 is 1.94 bits per heavy atom. The van der Waals surface area contributed by atoms with Crippen molar-refractivity contribution in [2.45, 2.75) is 13.3 Å². The number of carboxylic acid groups (broad SMARTS) is 1. The summed E-state index contributed by atoms with van der Waals surface area (Å²) in [6.45, 7) is 1.30. The van der Waals surface area contributed by atoms with Crippen molar-refractivity contribution in [1.82, 2.24) is 0 Å². The van der Waals surface area contributed by atoms with Crippen molar-refractivity contribution >= 4 is 5.97 Å². The third-order valence-electron chi connectivity index (χ3n) is 2.24. The van der Waals surface area contributed by atoms with Gasteiger partial charge in [0.25, 0.3) is 5.97 Å². The standard InChI is InChI=1S/C12H12O.C2H4O2/c13-9-8-10-4-6-11-2-1-3-12(11)7-5-10;1-2(3)4/h1-7,13H,8-9H2;1H3,(H,3,4). The van der Waals surface area contributed by atoms with Crippen LogP contribution in [-0.4, -0.2) is 22.8 Å². The van der Waals surface area contributed by atoms with E-state index in [0.29, 0.717) is 0 Å². The number of aliphatic carboxylic acids is 1. The Morgan fingerprint density at radius 2 is 1.53 bits per heavy atom. The first-order valence-corrected chi connectivity index (χ1v) is 5.41.